The van der Waals surface area contributed by atoms with Crippen molar-refractivity contribution in [2.24, 2.45) is 0 Å². The fourth-order valence-electron chi connectivity index (χ4n) is 3.14. The molecule has 0 unspecified atom stereocenters. The van der Waals surface area contributed by atoms with E-state index in [1.54, 1.807) is 6.07 Å². The van der Waals surface area contributed by atoms with Gasteiger partial charge in [-0.25, -0.2) is 4.79 Å². The Morgan fingerprint density at radius 3 is 2.40 bits per heavy atom. The van der Waals surface area contributed by atoms with Crippen LogP contribution in [0.2, 0.25) is 0 Å². The van der Waals surface area contributed by atoms with Crippen molar-refractivity contribution in [3.8, 4) is 0 Å². The second-order valence-corrected chi connectivity index (χ2v) is 6.18. The van der Waals surface area contributed by atoms with Crippen LogP contribution in [0.4, 0.5) is 13.2 Å². The number of fused-ring (bicyclic) bond motifs is 1. The lowest BCUT2D eigenvalue weighted by atomic mass is 9.88. The molecule has 5 heteroatoms. The molecular formula is C20H17F3O2. The molecule has 0 atom stereocenters. The minimum Gasteiger partial charge on any atom is -0.478 e. The first-order valence-corrected chi connectivity index (χ1v) is 8.09. The maximum atomic E-state index is 12.8. The van der Waals surface area contributed by atoms with Crippen LogP contribution >= 0.6 is 0 Å². The monoisotopic (exact) mass is 346 g/mol. The van der Waals surface area contributed by atoms with E-state index >= 15 is 0 Å². The van der Waals surface area contributed by atoms with Crippen molar-refractivity contribution in [1.29, 1.82) is 0 Å². The van der Waals surface area contributed by atoms with E-state index in [9.17, 15) is 23.1 Å². The molecule has 1 aliphatic rings. The van der Waals surface area contributed by atoms with Crippen molar-refractivity contribution >= 4 is 17.6 Å². The van der Waals surface area contributed by atoms with Gasteiger partial charge in [0, 0.05) is 0 Å². The molecule has 2 aromatic carbocycles. The number of hydrogen-bond acceptors (Lipinski definition) is 1. The number of alkyl halides is 3. The molecule has 0 spiro atoms. The van der Waals surface area contributed by atoms with E-state index in [0.717, 1.165) is 43.4 Å². The van der Waals surface area contributed by atoms with E-state index in [0.29, 0.717) is 5.56 Å². The fourth-order valence-corrected chi connectivity index (χ4v) is 3.14. The minimum absolute atomic E-state index is 0.00676. The van der Waals surface area contributed by atoms with Crippen LogP contribution < -0.4 is 0 Å². The Morgan fingerprint density at radius 2 is 1.72 bits per heavy atom. The highest BCUT2D eigenvalue weighted by molar-refractivity contribution is 6.20. The average Bonchev–Trinajstić information content (AvgIpc) is 2.58. The Bertz CT molecular complexity index is 835. The van der Waals surface area contributed by atoms with Crippen LogP contribution in [0.15, 0.2) is 42.5 Å². The highest BCUT2D eigenvalue weighted by atomic mass is 19.4. The maximum absolute atomic E-state index is 12.8. The second kappa shape index (κ2) is 6.75. The molecule has 0 fully saturated rings. The Hall–Kier alpha value is -2.56. The zero-order valence-electron chi connectivity index (χ0n) is 13.4. The number of rotatable bonds is 3. The molecule has 0 saturated carbocycles. The summed E-state index contributed by atoms with van der Waals surface area (Å²) in [6, 6.07) is 10.2. The van der Waals surface area contributed by atoms with Crippen LogP contribution in [0.1, 0.15) is 40.7 Å². The van der Waals surface area contributed by atoms with Gasteiger partial charge in [-0.2, -0.15) is 13.2 Å². The van der Waals surface area contributed by atoms with Crippen LogP contribution in [-0.4, -0.2) is 11.1 Å². The van der Waals surface area contributed by atoms with Crippen molar-refractivity contribution in [1.82, 2.24) is 0 Å². The Labute approximate surface area is 143 Å². The smallest absolute Gasteiger partial charge is 0.416 e. The molecule has 130 valence electrons. The number of hydrogen-bond donors (Lipinski definition) is 1. The van der Waals surface area contributed by atoms with Gasteiger partial charge in [0.05, 0.1) is 11.1 Å². The molecule has 2 aromatic rings. The summed E-state index contributed by atoms with van der Waals surface area (Å²) in [7, 11) is 0. The summed E-state index contributed by atoms with van der Waals surface area (Å²) in [5.74, 6) is -1.16. The van der Waals surface area contributed by atoms with Crippen LogP contribution in [0, 0.1) is 0 Å². The molecule has 0 bridgehead atoms. The molecule has 3 rings (SSSR count). The topological polar surface area (TPSA) is 37.3 Å². The van der Waals surface area contributed by atoms with Crippen molar-refractivity contribution < 1.29 is 23.1 Å². The predicted octanol–water partition coefficient (Wildman–Crippen LogP) is 5.21. The highest BCUT2D eigenvalue weighted by Gasteiger charge is 2.30. The van der Waals surface area contributed by atoms with Gasteiger partial charge in [-0.15, -0.1) is 0 Å². The summed E-state index contributed by atoms with van der Waals surface area (Å²) in [4.78, 5) is 11.7. The predicted molar refractivity (Wildman–Crippen MR) is 90.0 cm³/mol. The number of carboxylic acids is 1. The number of benzene rings is 2. The number of aliphatic carboxylic acids is 1. The third-order valence-corrected chi connectivity index (χ3v) is 4.41. The van der Waals surface area contributed by atoms with Gasteiger partial charge in [0.1, 0.15) is 0 Å². The summed E-state index contributed by atoms with van der Waals surface area (Å²) >= 11 is 0. The quantitative estimate of drug-likeness (QED) is 0.612. The Kier molecular flexibility index (Phi) is 4.66. The van der Waals surface area contributed by atoms with Crippen molar-refractivity contribution in [3.63, 3.8) is 0 Å². The summed E-state index contributed by atoms with van der Waals surface area (Å²) in [5.41, 5.74) is 2.28. The van der Waals surface area contributed by atoms with Gasteiger partial charge in [0.2, 0.25) is 0 Å². The van der Waals surface area contributed by atoms with Crippen molar-refractivity contribution in [2.45, 2.75) is 31.9 Å². The molecule has 25 heavy (non-hydrogen) atoms. The molecule has 0 saturated heterocycles. The lowest BCUT2D eigenvalue weighted by molar-refractivity contribution is -0.137. The van der Waals surface area contributed by atoms with Gasteiger partial charge in [0.25, 0.3) is 0 Å². The number of carbonyl (C=O) groups is 1. The van der Waals surface area contributed by atoms with E-state index in [2.05, 4.69) is 0 Å². The molecule has 0 aliphatic heterocycles. The first-order chi connectivity index (χ1) is 11.8. The van der Waals surface area contributed by atoms with Crippen LogP contribution in [0.25, 0.3) is 11.6 Å². The lowest BCUT2D eigenvalue weighted by Crippen LogP contribution is -2.06. The van der Waals surface area contributed by atoms with Gasteiger partial charge in [0.15, 0.2) is 0 Å². The largest absolute Gasteiger partial charge is 0.478 e. The molecule has 0 radical (unpaired) electrons. The molecule has 1 N–H and O–H groups in total. The van der Waals surface area contributed by atoms with E-state index < -0.39 is 17.7 Å². The average molecular weight is 346 g/mol. The third-order valence-electron chi connectivity index (χ3n) is 4.41. The first kappa shape index (κ1) is 17.3. The maximum Gasteiger partial charge on any atom is 0.416 e. The summed E-state index contributed by atoms with van der Waals surface area (Å²) in [5, 5.41) is 9.53. The number of aryl methyl sites for hydroxylation is 2. The van der Waals surface area contributed by atoms with E-state index in [1.165, 1.54) is 23.8 Å². The molecular weight excluding hydrogens is 329 g/mol. The molecule has 0 aromatic heterocycles. The SMILES string of the molecule is O=C(O)/C(=C\c1cccc(C(F)(F)F)c1)c1ccc2c(c1)CCCC2. The standard InChI is InChI=1S/C20H17F3O2/c21-20(22,23)17-7-3-4-13(10-17)11-18(19(24)25)16-9-8-14-5-1-2-6-15(14)12-16/h3-4,7-12H,1-2,5-6H2,(H,24,25)/b18-11-. The van der Waals surface area contributed by atoms with E-state index in [4.69, 9.17) is 0 Å². The second-order valence-electron chi connectivity index (χ2n) is 6.18. The van der Waals surface area contributed by atoms with Gasteiger partial charge in [-0.05, 0) is 66.1 Å². The van der Waals surface area contributed by atoms with Crippen LogP contribution in [0.3, 0.4) is 0 Å². The molecule has 2 nitrogen and oxygen atoms in total. The summed E-state index contributed by atoms with van der Waals surface area (Å²) in [6.45, 7) is 0. The normalized spacial score (nSPS) is 14.9. The van der Waals surface area contributed by atoms with E-state index in [1.807, 2.05) is 12.1 Å². The Morgan fingerprint density at radius 1 is 1.00 bits per heavy atom. The first-order valence-electron chi connectivity index (χ1n) is 8.09. The third kappa shape index (κ3) is 3.92. The highest BCUT2D eigenvalue weighted by Crippen LogP contribution is 2.31. The zero-order chi connectivity index (χ0) is 18.0. The van der Waals surface area contributed by atoms with Crippen molar-refractivity contribution in [3.05, 3.63) is 70.3 Å². The van der Waals surface area contributed by atoms with Gasteiger partial charge in [-0.1, -0.05) is 30.3 Å². The molecule has 0 heterocycles. The zero-order valence-corrected chi connectivity index (χ0v) is 13.4. The number of carboxylic acid groups (broad SMARTS) is 1. The molecule has 1 aliphatic carbocycles. The van der Waals surface area contributed by atoms with E-state index in [-0.39, 0.29) is 11.1 Å². The van der Waals surface area contributed by atoms with Gasteiger partial charge < -0.3 is 5.11 Å². The van der Waals surface area contributed by atoms with Gasteiger partial charge in [-0.3, -0.25) is 0 Å². The van der Waals surface area contributed by atoms with Crippen molar-refractivity contribution in [2.75, 3.05) is 0 Å². The Balaban J connectivity index is 2.02. The summed E-state index contributed by atoms with van der Waals surface area (Å²) < 4.78 is 38.5. The van der Waals surface area contributed by atoms with Crippen LogP contribution in [0.5, 0.6) is 0 Å². The number of halogens is 3. The minimum atomic E-state index is -4.46. The molecule has 0 amide bonds. The van der Waals surface area contributed by atoms with Gasteiger partial charge >= 0.3 is 12.1 Å². The van der Waals surface area contributed by atoms with Crippen LogP contribution in [-0.2, 0) is 23.8 Å². The fraction of sp³-hybridized carbons (Fsp3) is 0.250. The lowest BCUT2D eigenvalue weighted by Gasteiger charge is -2.17. The summed E-state index contributed by atoms with van der Waals surface area (Å²) in [6.07, 6.45) is 0.907.